The third-order valence-corrected chi connectivity index (χ3v) is 4.09. The molecule has 1 aliphatic rings. The number of ether oxygens (including phenoxy) is 2. The van der Waals surface area contributed by atoms with Gasteiger partial charge in [-0.1, -0.05) is 11.6 Å². The Hall–Kier alpha value is -2.50. The van der Waals surface area contributed by atoms with E-state index in [-0.39, 0.29) is 29.4 Å². The number of hydrogen-bond acceptors (Lipinski definition) is 5. The van der Waals surface area contributed by atoms with Crippen LogP contribution in [0.5, 0.6) is 5.75 Å². The summed E-state index contributed by atoms with van der Waals surface area (Å²) in [7, 11) is 0. The molecule has 26 heavy (non-hydrogen) atoms. The van der Waals surface area contributed by atoms with Crippen molar-refractivity contribution < 1.29 is 22.6 Å². The van der Waals surface area contributed by atoms with Crippen LogP contribution in [0.25, 0.3) is 0 Å². The van der Waals surface area contributed by atoms with Gasteiger partial charge in [-0.05, 0) is 30.3 Å². The van der Waals surface area contributed by atoms with Crippen LogP contribution in [0.1, 0.15) is 5.56 Å². The topological polar surface area (TPSA) is 58.4 Å². The van der Waals surface area contributed by atoms with Crippen molar-refractivity contribution >= 4 is 17.3 Å². The molecule has 2 heterocycles. The molecule has 0 spiro atoms. The molecule has 0 amide bonds. The minimum Gasteiger partial charge on any atom is -0.491 e. The van der Waals surface area contributed by atoms with Crippen molar-refractivity contribution in [1.82, 2.24) is 4.98 Å². The van der Waals surface area contributed by atoms with Crippen LogP contribution in [0, 0.1) is 11.3 Å². The van der Waals surface area contributed by atoms with Gasteiger partial charge in [0.25, 0.3) is 0 Å². The van der Waals surface area contributed by atoms with Crippen molar-refractivity contribution in [2.45, 2.75) is 18.5 Å². The summed E-state index contributed by atoms with van der Waals surface area (Å²) in [6, 6.07) is 9.21. The summed E-state index contributed by atoms with van der Waals surface area (Å²) in [5.41, 5.74) is 0.416. The molecule has 0 radical (unpaired) electrons. The Morgan fingerprint density at radius 3 is 2.65 bits per heavy atom. The van der Waals surface area contributed by atoms with Crippen LogP contribution in [0.15, 0.2) is 42.7 Å². The van der Waals surface area contributed by atoms with E-state index < -0.39 is 18.5 Å². The summed E-state index contributed by atoms with van der Waals surface area (Å²) in [6.45, 7) is -0.0748. The molecule has 0 saturated carbocycles. The fraction of sp³-hybridized carbons (Fsp3) is 0.294. The summed E-state index contributed by atoms with van der Waals surface area (Å²) in [4.78, 5) is 4.90. The van der Waals surface area contributed by atoms with Crippen LogP contribution in [-0.2, 0) is 4.74 Å². The molecule has 9 heteroatoms. The highest BCUT2D eigenvalue weighted by Crippen LogP contribution is 2.36. The van der Waals surface area contributed by atoms with Crippen molar-refractivity contribution in [3.8, 4) is 11.8 Å². The second-order valence-electron chi connectivity index (χ2n) is 5.57. The molecule has 0 aliphatic carbocycles. The van der Waals surface area contributed by atoms with E-state index in [9.17, 15) is 13.2 Å². The van der Waals surface area contributed by atoms with E-state index in [1.165, 1.54) is 30.6 Å². The highest BCUT2D eigenvalue weighted by atomic mass is 35.5. The average molecular weight is 384 g/mol. The molecule has 1 aromatic heterocycles. The number of nitrogens with zero attached hydrogens (tertiary/aromatic N) is 3. The van der Waals surface area contributed by atoms with E-state index in [0.29, 0.717) is 5.75 Å². The average Bonchev–Trinajstić information content (AvgIpc) is 3.05. The lowest BCUT2D eigenvalue weighted by Gasteiger charge is -2.26. The summed E-state index contributed by atoms with van der Waals surface area (Å²) in [5.74, 6) is 0.493. The van der Waals surface area contributed by atoms with E-state index >= 15 is 0 Å². The first-order valence-electron chi connectivity index (χ1n) is 7.60. The van der Waals surface area contributed by atoms with Crippen molar-refractivity contribution in [3.05, 3.63) is 53.3 Å². The molecule has 2 atom stereocenters. The van der Waals surface area contributed by atoms with E-state index in [0.717, 1.165) is 4.90 Å². The van der Waals surface area contributed by atoms with Gasteiger partial charge in [-0.3, -0.25) is 4.98 Å². The van der Waals surface area contributed by atoms with Gasteiger partial charge in [0, 0.05) is 18.1 Å². The monoisotopic (exact) mass is 383 g/mol. The van der Waals surface area contributed by atoms with Gasteiger partial charge in [0.2, 0.25) is 6.23 Å². The number of pyridine rings is 1. The van der Waals surface area contributed by atoms with Gasteiger partial charge in [-0.2, -0.15) is 18.4 Å². The summed E-state index contributed by atoms with van der Waals surface area (Å²) in [6.07, 6.45) is -4.45. The molecular weight excluding hydrogens is 371 g/mol. The first-order valence-corrected chi connectivity index (χ1v) is 7.97. The fourth-order valence-corrected chi connectivity index (χ4v) is 2.81. The summed E-state index contributed by atoms with van der Waals surface area (Å²) >= 11 is 5.95. The number of aromatic nitrogens is 1. The lowest BCUT2D eigenvalue weighted by atomic mass is 10.2. The van der Waals surface area contributed by atoms with Gasteiger partial charge < -0.3 is 14.4 Å². The highest BCUT2D eigenvalue weighted by Gasteiger charge is 2.51. The lowest BCUT2D eigenvalue weighted by Crippen LogP contribution is -2.42. The first kappa shape index (κ1) is 18.3. The third-order valence-electron chi connectivity index (χ3n) is 3.78. The van der Waals surface area contributed by atoms with E-state index in [4.69, 9.17) is 26.3 Å². The predicted molar refractivity (Wildman–Crippen MR) is 88.0 cm³/mol. The zero-order chi connectivity index (χ0) is 18.7. The van der Waals surface area contributed by atoms with Crippen LogP contribution in [0.4, 0.5) is 18.9 Å². The minimum absolute atomic E-state index is 0.0303. The number of nitriles is 1. The molecular formula is C17H13ClF3N3O2. The molecule has 0 bridgehead atoms. The Labute approximate surface area is 152 Å². The largest absolute Gasteiger partial charge is 0.491 e. The van der Waals surface area contributed by atoms with Gasteiger partial charge in [-0.25, -0.2) is 0 Å². The zero-order valence-electron chi connectivity index (χ0n) is 13.3. The second kappa shape index (κ2) is 7.40. The maximum atomic E-state index is 13.4. The molecule has 1 saturated heterocycles. The molecule has 136 valence electrons. The molecule has 2 aromatic rings. The fourth-order valence-electron chi connectivity index (χ4n) is 2.60. The number of halogens is 4. The van der Waals surface area contributed by atoms with Crippen LogP contribution >= 0.6 is 11.6 Å². The normalized spacial score (nSPS) is 20.0. The molecule has 1 aliphatic heterocycles. The second-order valence-corrected chi connectivity index (χ2v) is 5.98. The third kappa shape index (κ3) is 4.00. The standard InChI is InChI=1S/C17H13ClF3N3O2/c18-15-7-12(2-1-11(15)8-22)24-9-14(26-16(24)17(19,20)21)10-25-13-3-5-23-6-4-13/h1-7,14,16H,9-10H2. The number of benzene rings is 1. The zero-order valence-corrected chi connectivity index (χ0v) is 14.0. The van der Waals surface area contributed by atoms with Crippen molar-refractivity contribution in [2.75, 3.05) is 18.1 Å². The molecule has 3 rings (SSSR count). The van der Waals surface area contributed by atoms with Gasteiger partial charge in [0.15, 0.2) is 0 Å². The maximum Gasteiger partial charge on any atom is 0.433 e. The predicted octanol–water partition coefficient (Wildman–Crippen LogP) is 3.78. The Kier molecular flexibility index (Phi) is 5.20. The minimum atomic E-state index is -4.59. The van der Waals surface area contributed by atoms with Gasteiger partial charge in [-0.15, -0.1) is 0 Å². The van der Waals surface area contributed by atoms with Crippen molar-refractivity contribution in [2.24, 2.45) is 0 Å². The molecule has 0 N–H and O–H groups in total. The van der Waals surface area contributed by atoms with Gasteiger partial charge in [0.05, 0.1) is 17.1 Å². The van der Waals surface area contributed by atoms with E-state index in [1.807, 2.05) is 6.07 Å². The van der Waals surface area contributed by atoms with Crippen LogP contribution in [-0.4, -0.2) is 36.6 Å². The SMILES string of the molecule is N#Cc1ccc(N2CC(COc3ccncc3)OC2C(F)(F)F)cc1Cl. The Morgan fingerprint density at radius 2 is 2.04 bits per heavy atom. The number of alkyl halides is 3. The van der Waals surface area contributed by atoms with E-state index in [2.05, 4.69) is 4.98 Å². The summed E-state index contributed by atoms with van der Waals surface area (Å²) < 4.78 is 50.8. The highest BCUT2D eigenvalue weighted by molar-refractivity contribution is 6.32. The van der Waals surface area contributed by atoms with Gasteiger partial charge in [0.1, 0.15) is 24.5 Å². The van der Waals surface area contributed by atoms with Gasteiger partial charge >= 0.3 is 6.18 Å². The van der Waals surface area contributed by atoms with Crippen LogP contribution < -0.4 is 9.64 Å². The lowest BCUT2D eigenvalue weighted by molar-refractivity contribution is -0.215. The Bertz CT molecular complexity index is 811. The number of hydrogen-bond donors (Lipinski definition) is 0. The molecule has 2 unspecified atom stereocenters. The number of anilines is 1. The summed E-state index contributed by atoms with van der Waals surface area (Å²) in [5, 5.41) is 8.99. The number of rotatable bonds is 4. The van der Waals surface area contributed by atoms with E-state index in [1.54, 1.807) is 12.1 Å². The smallest absolute Gasteiger partial charge is 0.433 e. The molecule has 1 aromatic carbocycles. The molecule has 1 fully saturated rings. The van der Waals surface area contributed by atoms with Crippen LogP contribution in [0.3, 0.4) is 0 Å². The first-order chi connectivity index (χ1) is 12.4. The Morgan fingerprint density at radius 1 is 1.31 bits per heavy atom. The molecule has 5 nitrogen and oxygen atoms in total. The van der Waals surface area contributed by atoms with Crippen LogP contribution in [0.2, 0.25) is 5.02 Å². The Balaban J connectivity index is 1.77. The van der Waals surface area contributed by atoms with Crippen molar-refractivity contribution in [3.63, 3.8) is 0 Å². The quantitative estimate of drug-likeness (QED) is 0.804. The maximum absolute atomic E-state index is 13.4. The van der Waals surface area contributed by atoms with Crippen molar-refractivity contribution in [1.29, 1.82) is 5.26 Å².